The van der Waals surface area contributed by atoms with Gasteiger partial charge in [0.1, 0.15) is 0 Å². The van der Waals surface area contributed by atoms with Gasteiger partial charge in [-0.1, -0.05) is 12.8 Å². The van der Waals surface area contributed by atoms with Gasteiger partial charge < -0.3 is 9.64 Å². The standard InChI is InChI=1S/C16H27NO3/c1-12-6-5-7-13(2)17(12)15(18)11-20-16(19)10-14-8-3-4-9-14/h12-14H,3-11H2,1-2H3/t12-,13-/m1/s1. The normalized spacial score (nSPS) is 27.6. The lowest BCUT2D eigenvalue weighted by molar-refractivity contribution is -0.155. The molecule has 0 bridgehead atoms. The Morgan fingerprint density at radius 2 is 1.60 bits per heavy atom. The van der Waals surface area contributed by atoms with Gasteiger partial charge in [0.15, 0.2) is 6.61 Å². The maximum Gasteiger partial charge on any atom is 0.306 e. The Morgan fingerprint density at radius 3 is 2.20 bits per heavy atom. The summed E-state index contributed by atoms with van der Waals surface area (Å²) < 4.78 is 5.19. The molecule has 0 aromatic heterocycles. The lowest BCUT2D eigenvalue weighted by Crippen LogP contribution is -2.49. The molecule has 4 heteroatoms. The zero-order valence-corrected chi connectivity index (χ0v) is 12.8. The number of amides is 1. The maximum atomic E-state index is 12.2. The summed E-state index contributed by atoms with van der Waals surface area (Å²) in [5, 5.41) is 0. The molecule has 0 N–H and O–H groups in total. The minimum atomic E-state index is -0.206. The maximum absolute atomic E-state index is 12.2. The molecule has 1 aliphatic heterocycles. The molecule has 2 fully saturated rings. The van der Waals surface area contributed by atoms with Crippen LogP contribution in [-0.2, 0) is 14.3 Å². The van der Waals surface area contributed by atoms with Crippen molar-refractivity contribution >= 4 is 11.9 Å². The number of hydrogen-bond donors (Lipinski definition) is 0. The third-order valence-corrected chi connectivity index (χ3v) is 4.77. The largest absolute Gasteiger partial charge is 0.456 e. The highest BCUT2D eigenvalue weighted by Gasteiger charge is 2.29. The van der Waals surface area contributed by atoms with Crippen molar-refractivity contribution in [3.8, 4) is 0 Å². The van der Waals surface area contributed by atoms with Gasteiger partial charge in [0.25, 0.3) is 5.91 Å². The molecule has 114 valence electrons. The molecule has 4 nitrogen and oxygen atoms in total. The molecule has 20 heavy (non-hydrogen) atoms. The monoisotopic (exact) mass is 281 g/mol. The third-order valence-electron chi connectivity index (χ3n) is 4.77. The van der Waals surface area contributed by atoms with Crippen LogP contribution in [0.15, 0.2) is 0 Å². The summed E-state index contributed by atoms with van der Waals surface area (Å²) in [6, 6.07) is 0.527. The van der Waals surface area contributed by atoms with Gasteiger partial charge in [0.05, 0.1) is 0 Å². The molecular formula is C16H27NO3. The second-order valence-corrected chi connectivity index (χ2v) is 6.45. The zero-order chi connectivity index (χ0) is 14.5. The first-order valence-corrected chi connectivity index (χ1v) is 8.04. The van der Waals surface area contributed by atoms with Gasteiger partial charge in [-0.05, 0) is 51.9 Å². The first-order chi connectivity index (χ1) is 9.58. The summed E-state index contributed by atoms with van der Waals surface area (Å²) in [5.41, 5.74) is 0. The van der Waals surface area contributed by atoms with Crippen molar-refractivity contribution < 1.29 is 14.3 Å². The number of carbonyl (C=O) groups excluding carboxylic acids is 2. The van der Waals surface area contributed by atoms with E-state index in [0.717, 1.165) is 25.7 Å². The molecule has 1 saturated heterocycles. The Hall–Kier alpha value is -1.06. The van der Waals surface area contributed by atoms with E-state index in [4.69, 9.17) is 4.74 Å². The summed E-state index contributed by atoms with van der Waals surface area (Å²) in [7, 11) is 0. The first-order valence-electron chi connectivity index (χ1n) is 8.04. The second-order valence-electron chi connectivity index (χ2n) is 6.45. The number of esters is 1. The Labute approximate surface area is 121 Å². The van der Waals surface area contributed by atoms with Crippen molar-refractivity contribution in [1.82, 2.24) is 4.90 Å². The van der Waals surface area contributed by atoms with Gasteiger partial charge in [-0.25, -0.2) is 0 Å². The van der Waals surface area contributed by atoms with Crippen molar-refractivity contribution in [1.29, 1.82) is 0 Å². The highest BCUT2D eigenvalue weighted by molar-refractivity contribution is 5.81. The van der Waals surface area contributed by atoms with Gasteiger partial charge in [-0.15, -0.1) is 0 Å². The van der Waals surface area contributed by atoms with Crippen LogP contribution in [0.1, 0.15) is 65.2 Å². The fraction of sp³-hybridized carbons (Fsp3) is 0.875. The Kier molecular flexibility index (Phi) is 5.44. The molecule has 0 unspecified atom stereocenters. The molecule has 1 aliphatic carbocycles. The molecule has 0 aromatic carbocycles. The summed E-state index contributed by atoms with van der Waals surface area (Å²) >= 11 is 0. The van der Waals surface area contributed by atoms with Crippen LogP contribution >= 0.6 is 0 Å². The predicted octanol–water partition coefficient (Wildman–Crippen LogP) is 2.90. The minimum Gasteiger partial charge on any atom is -0.456 e. The first kappa shape index (κ1) is 15.3. The van der Waals surface area contributed by atoms with Crippen LogP contribution in [0, 0.1) is 5.92 Å². The fourth-order valence-corrected chi connectivity index (χ4v) is 3.64. The molecule has 1 amide bonds. The minimum absolute atomic E-state index is 0.0375. The number of nitrogens with zero attached hydrogens (tertiary/aromatic N) is 1. The molecule has 2 atom stereocenters. The number of ether oxygens (including phenoxy) is 1. The van der Waals surface area contributed by atoms with Crippen molar-refractivity contribution in [2.45, 2.75) is 77.3 Å². The van der Waals surface area contributed by atoms with E-state index < -0.39 is 0 Å². The van der Waals surface area contributed by atoms with E-state index in [1.54, 1.807) is 0 Å². The van der Waals surface area contributed by atoms with E-state index in [-0.39, 0.29) is 30.6 Å². The fourth-order valence-electron chi connectivity index (χ4n) is 3.64. The molecule has 1 saturated carbocycles. The highest BCUT2D eigenvalue weighted by Crippen LogP contribution is 2.28. The molecule has 2 aliphatic rings. The van der Waals surface area contributed by atoms with Gasteiger partial charge in [0.2, 0.25) is 0 Å². The SMILES string of the molecule is C[C@@H]1CCC[C@@H](C)N1C(=O)COC(=O)CC1CCCC1. The van der Waals surface area contributed by atoms with Crippen molar-refractivity contribution in [2.24, 2.45) is 5.92 Å². The van der Waals surface area contributed by atoms with E-state index >= 15 is 0 Å². The summed E-state index contributed by atoms with van der Waals surface area (Å²) in [6.45, 7) is 4.07. The van der Waals surface area contributed by atoms with Crippen LogP contribution in [-0.4, -0.2) is 35.5 Å². The third kappa shape index (κ3) is 3.97. The Bertz CT molecular complexity index is 340. The molecule has 2 rings (SSSR count). The van der Waals surface area contributed by atoms with Crippen LogP contribution < -0.4 is 0 Å². The van der Waals surface area contributed by atoms with Crippen LogP contribution in [0.2, 0.25) is 0 Å². The number of likely N-dealkylation sites (tertiary alicyclic amines) is 1. The molecular weight excluding hydrogens is 254 g/mol. The smallest absolute Gasteiger partial charge is 0.306 e. The lowest BCUT2D eigenvalue weighted by Gasteiger charge is -2.38. The van der Waals surface area contributed by atoms with E-state index in [2.05, 4.69) is 13.8 Å². The van der Waals surface area contributed by atoms with Gasteiger partial charge in [-0.2, -0.15) is 0 Å². The van der Waals surface area contributed by atoms with Crippen LogP contribution in [0.4, 0.5) is 0 Å². The molecule has 1 heterocycles. The number of rotatable bonds is 4. The summed E-state index contributed by atoms with van der Waals surface area (Å²) in [4.78, 5) is 25.9. The lowest BCUT2D eigenvalue weighted by atomic mass is 9.97. The number of hydrogen-bond acceptors (Lipinski definition) is 3. The van der Waals surface area contributed by atoms with Crippen LogP contribution in [0.5, 0.6) is 0 Å². The van der Waals surface area contributed by atoms with E-state index in [1.165, 1.54) is 19.3 Å². The van der Waals surface area contributed by atoms with Gasteiger partial charge in [-0.3, -0.25) is 9.59 Å². The van der Waals surface area contributed by atoms with Gasteiger partial charge in [0, 0.05) is 18.5 Å². The average Bonchev–Trinajstić information content (AvgIpc) is 2.89. The average molecular weight is 281 g/mol. The van der Waals surface area contributed by atoms with Crippen molar-refractivity contribution in [2.75, 3.05) is 6.61 Å². The second kappa shape index (κ2) is 7.09. The Balaban J connectivity index is 1.74. The van der Waals surface area contributed by atoms with Crippen molar-refractivity contribution in [3.63, 3.8) is 0 Å². The molecule has 0 aromatic rings. The Morgan fingerprint density at radius 1 is 1.00 bits per heavy atom. The van der Waals surface area contributed by atoms with E-state index in [1.807, 2.05) is 4.90 Å². The topological polar surface area (TPSA) is 46.6 Å². The van der Waals surface area contributed by atoms with Gasteiger partial charge >= 0.3 is 5.97 Å². The number of carbonyl (C=O) groups is 2. The van der Waals surface area contributed by atoms with Crippen LogP contribution in [0.25, 0.3) is 0 Å². The molecule has 0 spiro atoms. The summed E-state index contributed by atoms with van der Waals surface area (Å²) in [6.07, 6.45) is 8.45. The zero-order valence-electron chi connectivity index (χ0n) is 12.8. The van der Waals surface area contributed by atoms with Crippen molar-refractivity contribution in [3.05, 3.63) is 0 Å². The quantitative estimate of drug-likeness (QED) is 0.744. The highest BCUT2D eigenvalue weighted by atomic mass is 16.5. The predicted molar refractivity (Wildman–Crippen MR) is 77.2 cm³/mol. The molecule has 0 radical (unpaired) electrons. The van der Waals surface area contributed by atoms with E-state index in [9.17, 15) is 9.59 Å². The van der Waals surface area contributed by atoms with Crippen LogP contribution in [0.3, 0.4) is 0 Å². The van der Waals surface area contributed by atoms with E-state index in [0.29, 0.717) is 12.3 Å². The summed E-state index contributed by atoms with van der Waals surface area (Å²) in [5.74, 6) is 0.234. The number of piperidine rings is 1.